The van der Waals surface area contributed by atoms with Crippen LogP contribution in [0.1, 0.15) is 24.0 Å². The van der Waals surface area contributed by atoms with E-state index < -0.39 is 6.10 Å². The molecule has 0 spiro atoms. The first kappa shape index (κ1) is 19.5. The molecular formula is C22H29NO4. The number of aliphatic hydroxyl groups is 1. The topological polar surface area (TPSA) is 51.2 Å². The van der Waals surface area contributed by atoms with Crippen LogP contribution in [0.4, 0.5) is 0 Å². The van der Waals surface area contributed by atoms with E-state index in [0.29, 0.717) is 12.6 Å². The monoisotopic (exact) mass is 371 g/mol. The Hall–Kier alpha value is -2.24. The Morgan fingerprint density at radius 1 is 1.07 bits per heavy atom. The molecule has 1 N–H and O–H groups in total. The van der Waals surface area contributed by atoms with Gasteiger partial charge in [-0.1, -0.05) is 18.2 Å². The molecule has 5 heteroatoms. The van der Waals surface area contributed by atoms with E-state index in [-0.39, 0.29) is 6.61 Å². The minimum Gasteiger partial charge on any atom is -0.497 e. The lowest BCUT2D eigenvalue weighted by molar-refractivity contribution is 0.0624. The van der Waals surface area contributed by atoms with Gasteiger partial charge in [0.2, 0.25) is 0 Å². The van der Waals surface area contributed by atoms with Crippen LogP contribution in [-0.4, -0.2) is 49.5 Å². The number of para-hydroxylation sites is 1. The number of hydrogen-bond acceptors (Lipinski definition) is 5. The number of hydrogen-bond donors (Lipinski definition) is 1. The second kappa shape index (κ2) is 9.11. The van der Waals surface area contributed by atoms with E-state index >= 15 is 0 Å². The molecule has 0 amide bonds. The zero-order valence-electron chi connectivity index (χ0n) is 16.4. The van der Waals surface area contributed by atoms with Crippen LogP contribution >= 0.6 is 0 Å². The molecule has 1 fully saturated rings. The third-order valence-corrected chi connectivity index (χ3v) is 4.83. The number of aryl methyl sites for hydroxylation is 1. The van der Waals surface area contributed by atoms with E-state index in [9.17, 15) is 5.11 Å². The molecule has 1 atom stereocenters. The molecular weight excluding hydrogens is 342 g/mol. The molecule has 1 aliphatic rings. The summed E-state index contributed by atoms with van der Waals surface area (Å²) in [6.45, 7) is 3.62. The molecule has 0 radical (unpaired) electrons. The summed E-state index contributed by atoms with van der Waals surface area (Å²) >= 11 is 0. The highest BCUT2D eigenvalue weighted by molar-refractivity contribution is 5.38. The van der Waals surface area contributed by atoms with Gasteiger partial charge in [0, 0.05) is 25.2 Å². The van der Waals surface area contributed by atoms with E-state index in [0.717, 1.165) is 34.9 Å². The Kier molecular flexibility index (Phi) is 6.58. The second-order valence-corrected chi connectivity index (χ2v) is 7.11. The Morgan fingerprint density at radius 3 is 2.33 bits per heavy atom. The smallest absolute Gasteiger partial charge is 0.122 e. The van der Waals surface area contributed by atoms with Crippen molar-refractivity contribution in [2.45, 2.75) is 38.5 Å². The molecule has 27 heavy (non-hydrogen) atoms. The maximum atomic E-state index is 10.5. The maximum absolute atomic E-state index is 10.5. The first-order valence-electron chi connectivity index (χ1n) is 9.41. The minimum atomic E-state index is -0.544. The maximum Gasteiger partial charge on any atom is 0.122 e. The first-order chi connectivity index (χ1) is 13.1. The van der Waals surface area contributed by atoms with E-state index in [1.54, 1.807) is 14.2 Å². The molecule has 3 rings (SSSR count). The van der Waals surface area contributed by atoms with Crippen LogP contribution in [0.3, 0.4) is 0 Å². The van der Waals surface area contributed by atoms with Gasteiger partial charge in [-0.15, -0.1) is 0 Å². The van der Waals surface area contributed by atoms with E-state index in [1.807, 2.05) is 49.4 Å². The van der Waals surface area contributed by atoms with Crippen LogP contribution in [-0.2, 0) is 6.54 Å². The van der Waals surface area contributed by atoms with Crippen molar-refractivity contribution in [3.05, 3.63) is 53.6 Å². The summed E-state index contributed by atoms with van der Waals surface area (Å²) < 4.78 is 16.5. The highest BCUT2D eigenvalue weighted by Crippen LogP contribution is 2.30. The van der Waals surface area contributed by atoms with Gasteiger partial charge in [-0.3, -0.25) is 4.90 Å². The minimum absolute atomic E-state index is 0.287. The Balaban J connectivity index is 1.60. The lowest BCUT2D eigenvalue weighted by Gasteiger charge is -2.25. The van der Waals surface area contributed by atoms with E-state index in [1.165, 1.54) is 12.8 Å². The number of rotatable bonds is 10. The number of benzene rings is 2. The summed E-state index contributed by atoms with van der Waals surface area (Å²) in [5, 5.41) is 10.5. The summed E-state index contributed by atoms with van der Waals surface area (Å²) in [7, 11) is 3.31. The molecule has 0 saturated heterocycles. The van der Waals surface area contributed by atoms with Gasteiger partial charge in [-0.05, 0) is 49.1 Å². The van der Waals surface area contributed by atoms with Gasteiger partial charge in [0.25, 0.3) is 0 Å². The zero-order chi connectivity index (χ0) is 19.2. The third-order valence-electron chi connectivity index (χ3n) is 4.83. The number of aliphatic hydroxyl groups excluding tert-OH is 1. The second-order valence-electron chi connectivity index (χ2n) is 7.11. The molecule has 0 heterocycles. The van der Waals surface area contributed by atoms with Crippen molar-refractivity contribution in [2.24, 2.45) is 0 Å². The van der Waals surface area contributed by atoms with Crippen molar-refractivity contribution in [3.63, 3.8) is 0 Å². The molecule has 146 valence electrons. The quantitative estimate of drug-likeness (QED) is 0.694. The normalized spacial score (nSPS) is 14.9. The number of ether oxygens (including phenoxy) is 3. The van der Waals surface area contributed by atoms with Crippen molar-refractivity contribution in [1.82, 2.24) is 4.90 Å². The van der Waals surface area contributed by atoms with Crippen molar-refractivity contribution >= 4 is 0 Å². The van der Waals surface area contributed by atoms with Crippen molar-refractivity contribution in [2.75, 3.05) is 27.4 Å². The fourth-order valence-electron chi connectivity index (χ4n) is 3.20. The molecule has 1 unspecified atom stereocenters. The fourth-order valence-corrected chi connectivity index (χ4v) is 3.20. The standard InChI is InChI=1S/C22H29NO4/c1-16-6-4-5-7-22(16)27-15-19(24)14-23(18-8-9-18)13-17-10-20(25-2)12-21(11-17)26-3/h4-7,10-12,18-19,24H,8-9,13-15H2,1-3H3. The SMILES string of the molecule is COc1cc(CN(CC(O)COc2ccccc2C)C2CC2)cc(OC)c1. The van der Waals surface area contributed by atoms with Gasteiger partial charge in [-0.25, -0.2) is 0 Å². The largest absolute Gasteiger partial charge is 0.497 e. The molecule has 1 saturated carbocycles. The van der Waals surface area contributed by atoms with Crippen LogP contribution in [0, 0.1) is 6.92 Å². The summed E-state index contributed by atoms with van der Waals surface area (Å²) in [5.74, 6) is 2.39. The van der Waals surface area contributed by atoms with E-state index in [2.05, 4.69) is 4.90 Å². The van der Waals surface area contributed by atoms with Crippen molar-refractivity contribution in [3.8, 4) is 17.2 Å². The first-order valence-corrected chi connectivity index (χ1v) is 9.41. The van der Waals surface area contributed by atoms with Crippen molar-refractivity contribution in [1.29, 1.82) is 0 Å². The molecule has 0 aromatic heterocycles. The number of nitrogens with zero attached hydrogens (tertiary/aromatic N) is 1. The summed E-state index contributed by atoms with van der Waals surface area (Å²) in [5.41, 5.74) is 2.19. The summed E-state index contributed by atoms with van der Waals surface area (Å²) in [4.78, 5) is 2.32. The fraction of sp³-hybridized carbons (Fsp3) is 0.455. The van der Waals surface area contributed by atoms with Crippen molar-refractivity contribution < 1.29 is 19.3 Å². The zero-order valence-corrected chi connectivity index (χ0v) is 16.4. The lowest BCUT2D eigenvalue weighted by Crippen LogP contribution is -2.36. The summed E-state index contributed by atoms with van der Waals surface area (Å²) in [6, 6.07) is 14.3. The highest BCUT2D eigenvalue weighted by atomic mass is 16.5. The Morgan fingerprint density at radius 2 is 1.74 bits per heavy atom. The Bertz CT molecular complexity index is 723. The predicted octanol–water partition coefficient (Wildman–Crippen LogP) is 3.42. The average Bonchev–Trinajstić information content (AvgIpc) is 3.51. The average molecular weight is 371 g/mol. The molecule has 0 aliphatic heterocycles. The van der Waals surface area contributed by atoms with Crippen LogP contribution in [0.2, 0.25) is 0 Å². The van der Waals surface area contributed by atoms with Gasteiger partial charge in [0.15, 0.2) is 0 Å². The highest BCUT2D eigenvalue weighted by Gasteiger charge is 2.30. The molecule has 0 bridgehead atoms. The Labute approximate surface area is 161 Å². The summed E-state index contributed by atoms with van der Waals surface area (Å²) in [6.07, 6.45) is 1.80. The third kappa shape index (κ3) is 5.62. The van der Waals surface area contributed by atoms with Gasteiger partial charge in [0.1, 0.15) is 30.0 Å². The van der Waals surface area contributed by atoms with Crippen LogP contribution < -0.4 is 14.2 Å². The van der Waals surface area contributed by atoms with Gasteiger partial charge >= 0.3 is 0 Å². The van der Waals surface area contributed by atoms with Crippen LogP contribution in [0.5, 0.6) is 17.2 Å². The van der Waals surface area contributed by atoms with Crippen LogP contribution in [0.15, 0.2) is 42.5 Å². The molecule has 2 aromatic rings. The van der Waals surface area contributed by atoms with Gasteiger partial charge < -0.3 is 19.3 Å². The van der Waals surface area contributed by atoms with Gasteiger partial charge in [0.05, 0.1) is 14.2 Å². The lowest BCUT2D eigenvalue weighted by atomic mass is 10.1. The van der Waals surface area contributed by atoms with Crippen LogP contribution in [0.25, 0.3) is 0 Å². The van der Waals surface area contributed by atoms with Gasteiger partial charge in [-0.2, -0.15) is 0 Å². The predicted molar refractivity (Wildman–Crippen MR) is 106 cm³/mol. The number of methoxy groups -OCH3 is 2. The van der Waals surface area contributed by atoms with E-state index in [4.69, 9.17) is 14.2 Å². The molecule has 1 aliphatic carbocycles. The molecule has 2 aromatic carbocycles. The molecule has 5 nitrogen and oxygen atoms in total.